The molecule has 2 rings (SSSR count). The molecule has 0 aliphatic heterocycles. The smallest absolute Gasteiger partial charge is 0.0548 e. The summed E-state index contributed by atoms with van der Waals surface area (Å²) in [6.45, 7) is 6.64. The van der Waals surface area contributed by atoms with Gasteiger partial charge in [-0.25, -0.2) is 0 Å². The summed E-state index contributed by atoms with van der Waals surface area (Å²) >= 11 is 0. The normalized spacial score (nSPS) is 28.9. The number of hydrogen-bond donors (Lipinski definition) is 1. The van der Waals surface area contributed by atoms with E-state index in [1.165, 1.54) is 5.56 Å². The molecule has 1 saturated carbocycles. The van der Waals surface area contributed by atoms with E-state index in [0.717, 1.165) is 12.1 Å². The molecule has 0 amide bonds. The number of nitrogens with zero attached hydrogens (tertiary/aromatic N) is 1. The van der Waals surface area contributed by atoms with Gasteiger partial charge in [-0.3, -0.25) is 4.98 Å². The van der Waals surface area contributed by atoms with Crippen molar-refractivity contribution in [1.82, 2.24) is 4.98 Å². The van der Waals surface area contributed by atoms with Crippen molar-refractivity contribution in [2.24, 2.45) is 5.41 Å². The van der Waals surface area contributed by atoms with Gasteiger partial charge in [0.2, 0.25) is 0 Å². The molecule has 0 aromatic carbocycles. The fraction of sp³-hybridized carbons (Fsp3) is 0.583. The summed E-state index contributed by atoms with van der Waals surface area (Å²) in [5.41, 5.74) is 2.37. The first kappa shape index (κ1) is 9.66. The second-order valence-electron chi connectivity index (χ2n) is 5.02. The molecule has 1 aromatic heterocycles. The molecule has 2 heteroatoms. The number of aliphatic hydroxyl groups excluding tert-OH is 1. The Hall–Kier alpha value is -0.890. The van der Waals surface area contributed by atoms with Crippen LogP contribution in [0.2, 0.25) is 0 Å². The maximum atomic E-state index is 9.50. The standard InChI is InChI=1S/C12H17NO/c1-9-4-5-13-10(6-9)12(8-14)7-11(12,2)3/h4-6,14H,7-8H2,1-3H3. The Balaban J connectivity index is 2.40. The van der Waals surface area contributed by atoms with E-state index in [4.69, 9.17) is 0 Å². The van der Waals surface area contributed by atoms with E-state index in [1.807, 2.05) is 12.3 Å². The Morgan fingerprint density at radius 2 is 2.14 bits per heavy atom. The van der Waals surface area contributed by atoms with Crippen molar-refractivity contribution in [3.05, 3.63) is 29.6 Å². The van der Waals surface area contributed by atoms with Crippen LogP contribution < -0.4 is 0 Å². The molecule has 1 atom stereocenters. The van der Waals surface area contributed by atoms with Crippen LogP contribution in [0.4, 0.5) is 0 Å². The van der Waals surface area contributed by atoms with E-state index >= 15 is 0 Å². The van der Waals surface area contributed by atoms with Crippen molar-refractivity contribution in [3.63, 3.8) is 0 Å². The quantitative estimate of drug-likeness (QED) is 0.776. The molecule has 2 nitrogen and oxygen atoms in total. The van der Waals surface area contributed by atoms with Gasteiger partial charge < -0.3 is 5.11 Å². The molecule has 76 valence electrons. The molecule has 1 aliphatic carbocycles. The number of aliphatic hydroxyl groups is 1. The summed E-state index contributed by atoms with van der Waals surface area (Å²) in [4.78, 5) is 4.38. The third-order valence-corrected chi connectivity index (χ3v) is 3.59. The molecule has 14 heavy (non-hydrogen) atoms. The van der Waals surface area contributed by atoms with Crippen LogP contribution >= 0.6 is 0 Å². The maximum absolute atomic E-state index is 9.50. The highest BCUT2D eigenvalue weighted by Crippen LogP contribution is 2.63. The van der Waals surface area contributed by atoms with Crippen LogP contribution in [0.25, 0.3) is 0 Å². The van der Waals surface area contributed by atoms with Gasteiger partial charge in [-0.2, -0.15) is 0 Å². The number of aromatic nitrogens is 1. The van der Waals surface area contributed by atoms with E-state index < -0.39 is 0 Å². The second kappa shape index (κ2) is 2.80. The fourth-order valence-electron chi connectivity index (χ4n) is 2.30. The Morgan fingerprint density at radius 1 is 1.50 bits per heavy atom. The van der Waals surface area contributed by atoms with E-state index in [2.05, 4.69) is 31.8 Å². The molecular weight excluding hydrogens is 174 g/mol. The zero-order valence-electron chi connectivity index (χ0n) is 9.04. The van der Waals surface area contributed by atoms with Crippen LogP contribution in [0, 0.1) is 12.3 Å². The SMILES string of the molecule is Cc1ccnc(C2(CO)CC2(C)C)c1. The van der Waals surface area contributed by atoms with Crippen LogP contribution in [0.5, 0.6) is 0 Å². The number of aryl methyl sites for hydroxylation is 1. The van der Waals surface area contributed by atoms with Crippen molar-refractivity contribution in [2.75, 3.05) is 6.61 Å². The molecule has 1 aromatic rings. The lowest BCUT2D eigenvalue weighted by Gasteiger charge is -2.17. The van der Waals surface area contributed by atoms with Gasteiger partial charge in [-0.1, -0.05) is 13.8 Å². The minimum absolute atomic E-state index is 0.0843. The van der Waals surface area contributed by atoms with Crippen LogP contribution in [0.1, 0.15) is 31.5 Å². The van der Waals surface area contributed by atoms with Gasteiger partial charge in [0.15, 0.2) is 0 Å². The Labute approximate surface area is 85.0 Å². The van der Waals surface area contributed by atoms with E-state index in [-0.39, 0.29) is 17.4 Å². The molecule has 1 N–H and O–H groups in total. The van der Waals surface area contributed by atoms with Gasteiger partial charge in [-0.15, -0.1) is 0 Å². The van der Waals surface area contributed by atoms with Crippen molar-refractivity contribution in [1.29, 1.82) is 0 Å². The van der Waals surface area contributed by atoms with Crippen LogP contribution in [0.3, 0.4) is 0 Å². The van der Waals surface area contributed by atoms with Crippen molar-refractivity contribution < 1.29 is 5.11 Å². The van der Waals surface area contributed by atoms with Gasteiger partial charge in [0.1, 0.15) is 0 Å². The van der Waals surface area contributed by atoms with Crippen LogP contribution in [0.15, 0.2) is 18.3 Å². The molecule has 1 heterocycles. The lowest BCUT2D eigenvalue weighted by molar-refractivity contribution is 0.228. The largest absolute Gasteiger partial charge is 0.395 e. The molecule has 0 bridgehead atoms. The average Bonchev–Trinajstić information content (AvgIpc) is 2.70. The van der Waals surface area contributed by atoms with Gasteiger partial charge in [-0.05, 0) is 36.5 Å². The summed E-state index contributed by atoms with van der Waals surface area (Å²) in [6, 6.07) is 4.08. The summed E-state index contributed by atoms with van der Waals surface area (Å²) in [5.74, 6) is 0. The Bertz CT molecular complexity index is 359. The monoisotopic (exact) mass is 191 g/mol. The third kappa shape index (κ3) is 1.17. The molecule has 0 spiro atoms. The lowest BCUT2D eigenvalue weighted by atomic mass is 9.92. The van der Waals surface area contributed by atoms with E-state index in [1.54, 1.807) is 0 Å². The highest BCUT2D eigenvalue weighted by Gasteiger charge is 2.62. The molecule has 0 saturated heterocycles. The first-order chi connectivity index (χ1) is 6.52. The maximum Gasteiger partial charge on any atom is 0.0548 e. The Kier molecular flexibility index (Phi) is 1.93. The van der Waals surface area contributed by atoms with Crippen LogP contribution in [-0.4, -0.2) is 16.7 Å². The number of hydrogen-bond acceptors (Lipinski definition) is 2. The predicted molar refractivity (Wildman–Crippen MR) is 56.1 cm³/mol. The van der Waals surface area contributed by atoms with Gasteiger partial charge in [0.05, 0.1) is 6.61 Å². The van der Waals surface area contributed by atoms with Gasteiger partial charge in [0.25, 0.3) is 0 Å². The molecule has 0 radical (unpaired) electrons. The van der Waals surface area contributed by atoms with E-state index in [9.17, 15) is 5.11 Å². The molecular formula is C12H17NO. The minimum atomic E-state index is -0.0843. The highest BCUT2D eigenvalue weighted by molar-refractivity contribution is 5.34. The summed E-state index contributed by atoms with van der Waals surface area (Å²) in [5, 5.41) is 9.50. The van der Waals surface area contributed by atoms with Gasteiger partial charge in [0, 0.05) is 17.3 Å². The summed E-state index contributed by atoms with van der Waals surface area (Å²) < 4.78 is 0. The fourth-order valence-corrected chi connectivity index (χ4v) is 2.30. The molecule has 1 aliphatic rings. The van der Waals surface area contributed by atoms with Crippen molar-refractivity contribution >= 4 is 0 Å². The predicted octanol–water partition coefficient (Wildman–Crippen LogP) is 2.05. The lowest BCUT2D eigenvalue weighted by Crippen LogP contribution is -2.20. The topological polar surface area (TPSA) is 33.1 Å². The molecule has 1 fully saturated rings. The third-order valence-electron chi connectivity index (χ3n) is 3.59. The van der Waals surface area contributed by atoms with Gasteiger partial charge >= 0.3 is 0 Å². The highest BCUT2D eigenvalue weighted by atomic mass is 16.3. The summed E-state index contributed by atoms with van der Waals surface area (Å²) in [6.07, 6.45) is 2.86. The number of rotatable bonds is 2. The average molecular weight is 191 g/mol. The first-order valence-electron chi connectivity index (χ1n) is 5.06. The minimum Gasteiger partial charge on any atom is -0.395 e. The van der Waals surface area contributed by atoms with Crippen molar-refractivity contribution in [3.8, 4) is 0 Å². The molecule has 1 unspecified atom stereocenters. The number of pyridine rings is 1. The first-order valence-corrected chi connectivity index (χ1v) is 5.06. The van der Waals surface area contributed by atoms with Crippen molar-refractivity contribution in [2.45, 2.75) is 32.6 Å². The summed E-state index contributed by atoms with van der Waals surface area (Å²) in [7, 11) is 0. The van der Waals surface area contributed by atoms with Crippen LogP contribution in [-0.2, 0) is 5.41 Å². The zero-order chi connectivity index (χ0) is 10.4. The van der Waals surface area contributed by atoms with E-state index in [0.29, 0.717) is 0 Å². The zero-order valence-corrected chi connectivity index (χ0v) is 9.04. The Morgan fingerprint density at radius 3 is 2.57 bits per heavy atom. The second-order valence-corrected chi connectivity index (χ2v) is 5.02.